The van der Waals surface area contributed by atoms with Crippen LogP contribution in [0.5, 0.6) is 0 Å². The second-order valence-corrected chi connectivity index (χ2v) is 6.79. The summed E-state index contributed by atoms with van der Waals surface area (Å²) in [6.45, 7) is 5.09. The molecule has 1 aliphatic rings. The molecular weight excluding hydrogens is 278 g/mol. The van der Waals surface area contributed by atoms with Crippen LogP contribution in [0, 0.1) is 6.92 Å². The highest BCUT2D eigenvalue weighted by Gasteiger charge is 2.15. The molecule has 1 unspecified atom stereocenters. The number of nitrogens with one attached hydrogen (secondary N) is 1. The molecule has 19 heavy (non-hydrogen) atoms. The molecule has 0 saturated carbocycles. The van der Waals surface area contributed by atoms with E-state index >= 15 is 0 Å². The van der Waals surface area contributed by atoms with Gasteiger partial charge in [0.05, 0.1) is 0 Å². The SMILES string of the molecule is CCCc1nc(Cl)c(C)c(NCC2CCCCS2)n1. The van der Waals surface area contributed by atoms with Crippen molar-refractivity contribution in [3.8, 4) is 0 Å². The van der Waals surface area contributed by atoms with E-state index in [-0.39, 0.29) is 0 Å². The van der Waals surface area contributed by atoms with Gasteiger partial charge in [0.2, 0.25) is 0 Å². The van der Waals surface area contributed by atoms with E-state index in [0.29, 0.717) is 10.4 Å². The Morgan fingerprint density at radius 3 is 2.89 bits per heavy atom. The molecule has 106 valence electrons. The predicted octanol–water partition coefficient (Wildman–Crippen LogP) is 4.09. The Hall–Kier alpha value is -0.480. The Labute approximate surface area is 124 Å². The van der Waals surface area contributed by atoms with Gasteiger partial charge in [-0.15, -0.1) is 0 Å². The molecule has 0 bridgehead atoms. The van der Waals surface area contributed by atoms with E-state index < -0.39 is 0 Å². The second kappa shape index (κ2) is 7.34. The molecular formula is C14H22ClN3S. The first-order valence-corrected chi connectivity index (χ1v) is 8.52. The van der Waals surface area contributed by atoms with Crippen LogP contribution >= 0.6 is 23.4 Å². The molecule has 1 aromatic rings. The standard InChI is InChI=1S/C14H22ClN3S/c1-3-6-12-17-13(15)10(2)14(18-12)16-9-11-7-4-5-8-19-11/h11H,3-9H2,1-2H3,(H,16,17,18). The third-order valence-corrected chi connectivity index (χ3v) is 5.14. The molecule has 0 amide bonds. The summed E-state index contributed by atoms with van der Waals surface area (Å²) in [4.78, 5) is 8.92. The van der Waals surface area contributed by atoms with Gasteiger partial charge in [0.15, 0.2) is 0 Å². The van der Waals surface area contributed by atoms with Gasteiger partial charge in [0.25, 0.3) is 0 Å². The molecule has 0 aromatic carbocycles. The summed E-state index contributed by atoms with van der Waals surface area (Å²) >= 11 is 8.25. The van der Waals surface area contributed by atoms with E-state index in [4.69, 9.17) is 11.6 Å². The molecule has 1 atom stereocenters. The van der Waals surface area contributed by atoms with Crippen molar-refractivity contribution in [2.24, 2.45) is 0 Å². The number of hydrogen-bond donors (Lipinski definition) is 1. The Balaban J connectivity index is 2.01. The lowest BCUT2D eigenvalue weighted by molar-refractivity contribution is 0.676. The highest BCUT2D eigenvalue weighted by atomic mass is 35.5. The maximum atomic E-state index is 6.18. The van der Waals surface area contributed by atoms with Crippen molar-refractivity contribution < 1.29 is 0 Å². The summed E-state index contributed by atoms with van der Waals surface area (Å²) in [5.41, 5.74) is 0.960. The summed E-state index contributed by atoms with van der Waals surface area (Å²) in [5.74, 6) is 3.04. The number of anilines is 1. The number of nitrogens with zero attached hydrogens (tertiary/aromatic N) is 2. The molecule has 1 aliphatic heterocycles. The van der Waals surface area contributed by atoms with Crippen molar-refractivity contribution in [2.75, 3.05) is 17.6 Å². The zero-order valence-corrected chi connectivity index (χ0v) is 13.3. The summed E-state index contributed by atoms with van der Waals surface area (Å²) in [6, 6.07) is 0. The van der Waals surface area contributed by atoms with Crippen LogP contribution < -0.4 is 5.32 Å². The maximum Gasteiger partial charge on any atom is 0.137 e. The molecule has 0 spiro atoms. The molecule has 1 N–H and O–H groups in total. The van der Waals surface area contributed by atoms with Gasteiger partial charge in [-0.25, -0.2) is 9.97 Å². The van der Waals surface area contributed by atoms with Crippen molar-refractivity contribution in [1.29, 1.82) is 0 Å². The zero-order chi connectivity index (χ0) is 13.7. The lowest BCUT2D eigenvalue weighted by Crippen LogP contribution is -2.21. The summed E-state index contributed by atoms with van der Waals surface area (Å²) in [6.07, 6.45) is 5.94. The quantitative estimate of drug-likeness (QED) is 0.831. The van der Waals surface area contributed by atoms with E-state index in [1.54, 1.807) is 0 Å². The number of aryl methyl sites for hydroxylation is 1. The molecule has 2 heterocycles. The number of rotatable bonds is 5. The fourth-order valence-electron chi connectivity index (χ4n) is 2.22. The van der Waals surface area contributed by atoms with Gasteiger partial charge in [-0.3, -0.25) is 0 Å². The van der Waals surface area contributed by atoms with Crippen molar-refractivity contribution >= 4 is 29.2 Å². The Morgan fingerprint density at radius 2 is 2.21 bits per heavy atom. The number of halogens is 1. The van der Waals surface area contributed by atoms with Gasteiger partial charge in [-0.05, 0) is 31.9 Å². The van der Waals surface area contributed by atoms with Crippen LogP contribution in [-0.2, 0) is 6.42 Å². The number of hydrogen-bond acceptors (Lipinski definition) is 4. The molecule has 3 nitrogen and oxygen atoms in total. The summed E-state index contributed by atoms with van der Waals surface area (Å²) in [5, 5.41) is 4.75. The molecule has 1 aromatic heterocycles. The Bertz CT molecular complexity index is 419. The van der Waals surface area contributed by atoms with Gasteiger partial charge in [-0.1, -0.05) is 24.9 Å². The smallest absolute Gasteiger partial charge is 0.137 e. The molecule has 1 saturated heterocycles. The molecule has 1 fully saturated rings. The van der Waals surface area contributed by atoms with Crippen LogP contribution in [0.4, 0.5) is 5.82 Å². The molecule has 0 radical (unpaired) electrons. The number of aromatic nitrogens is 2. The fraction of sp³-hybridized carbons (Fsp3) is 0.714. The van der Waals surface area contributed by atoms with Crippen LogP contribution in [0.3, 0.4) is 0 Å². The summed E-state index contributed by atoms with van der Waals surface area (Å²) in [7, 11) is 0. The maximum absolute atomic E-state index is 6.18. The van der Waals surface area contributed by atoms with Gasteiger partial charge < -0.3 is 5.32 Å². The average molecular weight is 300 g/mol. The molecule has 0 aliphatic carbocycles. The topological polar surface area (TPSA) is 37.8 Å². The van der Waals surface area contributed by atoms with E-state index in [0.717, 1.165) is 36.6 Å². The third-order valence-electron chi connectivity index (χ3n) is 3.38. The van der Waals surface area contributed by atoms with Gasteiger partial charge >= 0.3 is 0 Å². The van der Waals surface area contributed by atoms with E-state index in [9.17, 15) is 0 Å². The first-order valence-electron chi connectivity index (χ1n) is 7.09. The van der Waals surface area contributed by atoms with E-state index in [1.807, 2.05) is 6.92 Å². The van der Waals surface area contributed by atoms with Crippen molar-refractivity contribution in [1.82, 2.24) is 9.97 Å². The van der Waals surface area contributed by atoms with Crippen LogP contribution in [0.2, 0.25) is 5.15 Å². The highest BCUT2D eigenvalue weighted by molar-refractivity contribution is 7.99. The Kier molecular flexibility index (Phi) is 5.76. The third kappa shape index (κ3) is 4.25. The molecule has 2 rings (SSSR count). The van der Waals surface area contributed by atoms with Crippen LogP contribution in [0.1, 0.15) is 44.0 Å². The zero-order valence-electron chi connectivity index (χ0n) is 11.7. The first-order chi connectivity index (χ1) is 9.20. The number of thioether (sulfide) groups is 1. The minimum absolute atomic E-state index is 0.581. The van der Waals surface area contributed by atoms with Gasteiger partial charge in [0, 0.05) is 23.8 Å². The normalized spacial score (nSPS) is 19.4. The largest absolute Gasteiger partial charge is 0.369 e. The average Bonchev–Trinajstić information content (AvgIpc) is 2.42. The van der Waals surface area contributed by atoms with Crippen molar-refractivity contribution in [3.63, 3.8) is 0 Å². The van der Waals surface area contributed by atoms with Crippen molar-refractivity contribution in [3.05, 3.63) is 16.5 Å². The van der Waals surface area contributed by atoms with Crippen LogP contribution in [0.15, 0.2) is 0 Å². The van der Waals surface area contributed by atoms with Crippen LogP contribution in [-0.4, -0.2) is 27.5 Å². The monoisotopic (exact) mass is 299 g/mol. The van der Waals surface area contributed by atoms with E-state index in [1.165, 1.54) is 25.0 Å². The Morgan fingerprint density at radius 1 is 1.37 bits per heavy atom. The predicted molar refractivity (Wildman–Crippen MR) is 84.4 cm³/mol. The lowest BCUT2D eigenvalue weighted by Gasteiger charge is -2.22. The lowest BCUT2D eigenvalue weighted by atomic mass is 10.2. The van der Waals surface area contributed by atoms with Crippen molar-refractivity contribution in [2.45, 2.75) is 51.2 Å². The second-order valence-electron chi connectivity index (χ2n) is 5.02. The molecule has 5 heteroatoms. The highest BCUT2D eigenvalue weighted by Crippen LogP contribution is 2.26. The van der Waals surface area contributed by atoms with Gasteiger partial charge in [-0.2, -0.15) is 11.8 Å². The van der Waals surface area contributed by atoms with Crippen LogP contribution in [0.25, 0.3) is 0 Å². The van der Waals surface area contributed by atoms with Gasteiger partial charge in [0.1, 0.15) is 16.8 Å². The minimum atomic E-state index is 0.581. The summed E-state index contributed by atoms with van der Waals surface area (Å²) < 4.78 is 0. The fourth-order valence-corrected chi connectivity index (χ4v) is 3.64. The minimum Gasteiger partial charge on any atom is -0.369 e. The first kappa shape index (κ1) is 14.9. The van der Waals surface area contributed by atoms with E-state index in [2.05, 4.69) is 34.0 Å².